The Kier molecular flexibility index (Phi) is 2.23. The van der Waals surface area contributed by atoms with Gasteiger partial charge in [0.25, 0.3) is 0 Å². The zero-order valence-corrected chi connectivity index (χ0v) is 5.70. The lowest BCUT2D eigenvalue weighted by Gasteiger charge is -2.31. The predicted octanol–water partition coefficient (Wildman–Crippen LogP) is -0.187. The van der Waals surface area contributed by atoms with E-state index in [1.54, 1.807) is 6.92 Å². The normalized spacial score (nSPS) is 49.2. The van der Waals surface area contributed by atoms with Crippen LogP contribution >= 0.6 is 0 Å². The van der Waals surface area contributed by atoms with Gasteiger partial charge in [-0.3, -0.25) is 0 Å². The number of alkyl halides is 1. The Balaban J connectivity index is 2.46. The van der Waals surface area contributed by atoms with Crippen molar-refractivity contribution in [1.29, 1.82) is 0 Å². The summed E-state index contributed by atoms with van der Waals surface area (Å²) in [4.78, 5) is 0. The molecular formula is C6H11FO3. The van der Waals surface area contributed by atoms with Crippen molar-refractivity contribution in [1.82, 2.24) is 0 Å². The number of hydrogen-bond acceptors (Lipinski definition) is 3. The van der Waals surface area contributed by atoms with Gasteiger partial charge in [0.15, 0.2) is 12.5 Å². The van der Waals surface area contributed by atoms with Crippen LogP contribution in [0.4, 0.5) is 4.39 Å². The third-order valence-electron chi connectivity index (χ3n) is 1.67. The Hall–Kier alpha value is -0.190. The van der Waals surface area contributed by atoms with Crippen LogP contribution in [0.25, 0.3) is 0 Å². The van der Waals surface area contributed by atoms with Crippen LogP contribution in [0.2, 0.25) is 0 Å². The fourth-order valence-corrected chi connectivity index (χ4v) is 0.935. The molecule has 0 saturated carbocycles. The molecule has 4 atom stereocenters. The van der Waals surface area contributed by atoms with Crippen molar-refractivity contribution in [2.75, 3.05) is 0 Å². The summed E-state index contributed by atoms with van der Waals surface area (Å²) in [6.45, 7) is 1.60. The first-order chi connectivity index (χ1) is 4.61. The molecule has 0 radical (unpaired) electrons. The molecule has 0 amide bonds. The van der Waals surface area contributed by atoms with Crippen LogP contribution in [0, 0.1) is 0 Å². The Morgan fingerprint density at radius 2 is 2.10 bits per heavy atom. The molecule has 1 aliphatic heterocycles. The smallest absolute Gasteiger partial charge is 0.186 e. The molecule has 0 aromatic heterocycles. The summed E-state index contributed by atoms with van der Waals surface area (Å²) < 4.78 is 17.1. The van der Waals surface area contributed by atoms with Crippen molar-refractivity contribution in [3.63, 3.8) is 0 Å². The lowest BCUT2D eigenvalue weighted by molar-refractivity contribution is -0.224. The summed E-state index contributed by atoms with van der Waals surface area (Å²) in [5.41, 5.74) is 0. The van der Waals surface area contributed by atoms with E-state index in [1.165, 1.54) is 0 Å². The highest BCUT2D eigenvalue weighted by Crippen LogP contribution is 2.20. The topological polar surface area (TPSA) is 49.7 Å². The summed E-state index contributed by atoms with van der Waals surface area (Å²) in [7, 11) is 0. The first-order valence-electron chi connectivity index (χ1n) is 3.27. The molecule has 1 aliphatic rings. The van der Waals surface area contributed by atoms with Gasteiger partial charge in [-0.05, 0) is 6.92 Å². The number of halogens is 1. The fourth-order valence-electron chi connectivity index (χ4n) is 0.935. The zero-order chi connectivity index (χ0) is 7.72. The standard InChI is InChI=1S/C6H11FO3/c1-3-5(8)2-4(7)6(9)10-3/h3-6,8-9H,2H2,1H3. The van der Waals surface area contributed by atoms with E-state index < -0.39 is 24.7 Å². The average Bonchev–Trinajstić information content (AvgIpc) is 1.84. The van der Waals surface area contributed by atoms with Crippen molar-refractivity contribution in [3.05, 3.63) is 0 Å². The van der Waals surface area contributed by atoms with Gasteiger partial charge in [0.05, 0.1) is 12.2 Å². The van der Waals surface area contributed by atoms with Crippen LogP contribution in [0.3, 0.4) is 0 Å². The van der Waals surface area contributed by atoms with E-state index in [1.807, 2.05) is 0 Å². The summed E-state index contributed by atoms with van der Waals surface area (Å²) in [5, 5.41) is 17.7. The van der Waals surface area contributed by atoms with Gasteiger partial charge in [-0.2, -0.15) is 0 Å². The monoisotopic (exact) mass is 150 g/mol. The molecule has 0 aromatic rings. The highest BCUT2D eigenvalue weighted by molar-refractivity contribution is 4.77. The molecule has 0 bridgehead atoms. The molecule has 1 heterocycles. The highest BCUT2D eigenvalue weighted by atomic mass is 19.1. The maximum atomic E-state index is 12.5. The molecule has 60 valence electrons. The molecule has 10 heavy (non-hydrogen) atoms. The number of aliphatic hydroxyl groups excluding tert-OH is 2. The van der Waals surface area contributed by atoms with Crippen LogP contribution in [0.5, 0.6) is 0 Å². The molecule has 1 saturated heterocycles. The quantitative estimate of drug-likeness (QED) is 0.503. The van der Waals surface area contributed by atoms with Gasteiger partial charge in [-0.1, -0.05) is 0 Å². The summed E-state index contributed by atoms with van der Waals surface area (Å²) in [5.74, 6) is 0. The molecule has 3 nitrogen and oxygen atoms in total. The molecule has 0 spiro atoms. The Morgan fingerprint density at radius 1 is 1.50 bits per heavy atom. The Bertz CT molecular complexity index is 93.6. The van der Waals surface area contributed by atoms with Crippen LogP contribution in [-0.2, 0) is 4.74 Å². The van der Waals surface area contributed by atoms with Gasteiger partial charge in [-0.25, -0.2) is 4.39 Å². The zero-order valence-electron chi connectivity index (χ0n) is 5.70. The van der Waals surface area contributed by atoms with E-state index in [0.717, 1.165) is 0 Å². The van der Waals surface area contributed by atoms with Gasteiger partial charge in [0, 0.05) is 6.42 Å². The van der Waals surface area contributed by atoms with Crippen LogP contribution in [0.1, 0.15) is 13.3 Å². The van der Waals surface area contributed by atoms with Crippen molar-refractivity contribution in [2.45, 2.75) is 38.0 Å². The van der Waals surface area contributed by atoms with E-state index >= 15 is 0 Å². The second-order valence-corrected chi connectivity index (χ2v) is 2.55. The van der Waals surface area contributed by atoms with E-state index in [9.17, 15) is 4.39 Å². The van der Waals surface area contributed by atoms with Crippen molar-refractivity contribution in [3.8, 4) is 0 Å². The maximum absolute atomic E-state index is 12.5. The molecule has 2 N–H and O–H groups in total. The number of hydrogen-bond donors (Lipinski definition) is 2. The molecule has 4 unspecified atom stereocenters. The molecule has 1 fully saturated rings. The fraction of sp³-hybridized carbons (Fsp3) is 1.00. The summed E-state index contributed by atoms with van der Waals surface area (Å²) >= 11 is 0. The van der Waals surface area contributed by atoms with Gasteiger partial charge in [-0.15, -0.1) is 0 Å². The molecule has 0 aromatic carbocycles. The van der Waals surface area contributed by atoms with Crippen molar-refractivity contribution in [2.24, 2.45) is 0 Å². The highest BCUT2D eigenvalue weighted by Gasteiger charge is 2.33. The average molecular weight is 150 g/mol. The maximum Gasteiger partial charge on any atom is 0.186 e. The number of ether oxygens (including phenoxy) is 1. The van der Waals surface area contributed by atoms with Crippen molar-refractivity contribution >= 4 is 0 Å². The third-order valence-corrected chi connectivity index (χ3v) is 1.67. The molecule has 1 rings (SSSR count). The first-order valence-corrected chi connectivity index (χ1v) is 3.27. The minimum absolute atomic E-state index is 0.0394. The second-order valence-electron chi connectivity index (χ2n) is 2.55. The minimum atomic E-state index is -1.45. The molecule has 4 heteroatoms. The van der Waals surface area contributed by atoms with Gasteiger partial charge in [0.2, 0.25) is 0 Å². The van der Waals surface area contributed by atoms with E-state index in [4.69, 9.17) is 10.2 Å². The van der Waals surface area contributed by atoms with Gasteiger partial charge >= 0.3 is 0 Å². The van der Waals surface area contributed by atoms with E-state index in [-0.39, 0.29) is 6.42 Å². The van der Waals surface area contributed by atoms with Crippen LogP contribution < -0.4 is 0 Å². The van der Waals surface area contributed by atoms with Gasteiger partial charge < -0.3 is 14.9 Å². The van der Waals surface area contributed by atoms with E-state index in [0.29, 0.717) is 0 Å². The SMILES string of the molecule is CC1OC(O)C(F)CC1O. The van der Waals surface area contributed by atoms with E-state index in [2.05, 4.69) is 4.74 Å². The first kappa shape index (κ1) is 7.91. The lowest BCUT2D eigenvalue weighted by atomic mass is 10.1. The van der Waals surface area contributed by atoms with Gasteiger partial charge in [0.1, 0.15) is 0 Å². The predicted molar refractivity (Wildman–Crippen MR) is 32.1 cm³/mol. The lowest BCUT2D eigenvalue weighted by Crippen LogP contribution is -2.43. The summed E-state index contributed by atoms with van der Waals surface area (Å²) in [6, 6.07) is 0. The van der Waals surface area contributed by atoms with Crippen LogP contribution in [0.15, 0.2) is 0 Å². The third kappa shape index (κ3) is 1.45. The minimum Gasteiger partial charge on any atom is -0.390 e. The Labute approximate surface area is 58.4 Å². The summed E-state index contributed by atoms with van der Waals surface area (Å²) in [6.07, 6.45) is -4.12. The molecular weight excluding hydrogens is 139 g/mol. The van der Waals surface area contributed by atoms with Crippen molar-refractivity contribution < 1.29 is 19.3 Å². The number of rotatable bonds is 0. The Morgan fingerprint density at radius 3 is 2.60 bits per heavy atom. The van der Waals surface area contributed by atoms with Crippen LogP contribution in [-0.4, -0.2) is 34.9 Å². The number of aliphatic hydroxyl groups is 2. The largest absolute Gasteiger partial charge is 0.390 e. The second kappa shape index (κ2) is 2.82. The molecule has 0 aliphatic carbocycles.